The van der Waals surface area contributed by atoms with Gasteiger partial charge in [0.1, 0.15) is 0 Å². The topological polar surface area (TPSA) is 35.2 Å². The molecular weight excluding hydrogens is 138 g/mol. The largest absolute Gasteiger partial charge is 0.370 e. The Bertz CT molecular complexity index is 140. The second-order valence-electron chi connectivity index (χ2n) is 3.90. The van der Waals surface area contributed by atoms with Crippen LogP contribution < -0.4 is 5.73 Å². The van der Waals surface area contributed by atoms with Crippen LogP contribution in [0.1, 0.15) is 38.5 Å². The summed E-state index contributed by atoms with van der Waals surface area (Å²) in [6.45, 7) is 0.710. The van der Waals surface area contributed by atoms with Crippen LogP contribution in [-0.2, 0) is 4.74 Å². The van der Waals surface area contributed by atoms with Gasteiger partial charge in [0.2, 0.25) is 0 Å². The van der Waals surface area contributed by atoms with Crippen LogP contribution in [0.3, 0.4) is 0 Å². The van der Waals surface area contributed by atoms with Crippen LogP contribution in [0.2, 0.25) is 0 Å². The van der Waals surface area contributed by atoms with E-state index in [0.29, 0.717) is 12.6 Å². The van der Waals surface area contributed by atoms with Crippen molar-refractivity contribution in [3.63, 3.8) is 0 Å². The molecular formula is C9H17NO. The molecule has 2 aliphatic rings. The Hall–Kier alpha value is -0.0800. The molecule has 2 nitrogen and oxygen atoms in total. The van der Waals surface area contributed by atoms with Gasteiger partial charge in [-0.1, -0.05) is 12.8 Å². The van der Waals surface area contributed by atoms with Crippen molar-refractivity contribution in [2.75, 3.05) is 6.54 Å². The van der Waals surface area contributed by atoms with Gasteiger partial charge in [-0.05, 0) is 25.7 Å². The molecule has 1 heterocycles. The Morgan fingerprint density at radius 2 is 2.00 bits per heavy atom. The molecule has 0 aromatic carbocycles. The van der Waals surface area contributed by atoms with E-state index >= 15 is 0 Å². The van der Waals surface area contributed by atoms with Crippen molar-refractivity contribution in [3.05, 3.63) is 0 Å². The van der Waals surface area contributed by atoms with Crippen molar-refractivity contribution in [2.45, 2.75) is 50.2 Å². The normalized spacial score (nSPS) is 35.2. The summed E-state index contributed by atoms with van der Waals surface area (Å²) in [6, 6.07) is 0. The van der Waals surface area contributed by atoms with Crippen molar-refractivity contribution < 1.29 is 4.74 Å². The van der Waals surface area contributed by atoms with E-state index in [2.05, 4.69) is 0 Å². The van der Waals surface area contributed by atoms with Gasteiger partial charge in [-0.25, -0.2) is 0 Å². The van der Waals surface area contributed by atoms with Crippen molar-refractivity contribution in [2.24, 2.45) is 5.73 Å². The zero-order valence-corrected chi connectivity index (χ0v) is 7.01. The van der Waals surface area contributed by atoms with Gasteiger partial charge < -0.3 is 10.5 Å². The van der Waals surface area contributed by atoms with Crippen LogP contribution in [-0.4, -0.2) is 18.2 Å². The third-order valence-corrected chi connectivity index (χ3v) is 3.12. The fourth-order valence-electron chi connectivity index (χ4n) is 2.45. The SMILES string of the molecule is NC[C@H]1CCC2(CCCC2)O1. The number of nitrogens with two attached hydrogens (primary N) is 1. The lowest BCUT2D eigenvalue weighted by atomic mass is 9.98. The molecule has 2 fully saturated rings. The molecule has 0 bridgehead atoms. The second-order valence-corrected chi connectivity index (χ2v) is 3.90. The first-order valence-corrected chi connectivity index (χ1v) is 4.73. The standard InChI is InChI=1S/C9H17NO/c10-7-8-3-6-9(11-8)4-1-2-5-9/h8H,1-7,10H2/t8-/m1/s1. The Kier molecular flexibility index (Phi) is 1.90. The predicted molar refractivity (Wildman–Crippen MR) is 44.4 cm³/mol. The first-order chi connectivity index (χ1) is 5.35. The molecule has 1 atom stereocenters. The zero-order valence-electron chi connectivity index (χ0n) is 7.01. The van der Waals surface area contributed by atoms with E-state index in [0.717, 1.165) is 0 Å². The molecule has 0 radical (unpaired) electrons. The summed E-state index contributed by atoms with van der Waals surface area (Å²) in [7, 11) is 0. The van der Waals surface area contributed by atoms with Crippen LogP contribution in [0.4, 0.5) is 0 Å². The van der Waals surface area contributed by atoms with Crippen molar-refractivity contribution >= 4 is 0 Å². The molecule has 2 N–H and O–H groups in total. The molecule has 64 valence electrons. The maximum atomic E-state index is 5.93. The van der Waals surface area contributed by atoms with Gasteiger partial charge in [0.25, 0.3) is 0 Å². The van der Waals surface area contributed by atoms with Gasteiger partial charge in [-0.15, -0.1) is 0 Å². The summed E-state index contributed by atoms with van der Waals surface area (Å²) < 4.78 is 5.93. The highest BCUT2D eigenvalue weighted by Crippen LogP contribution is 2.42. The molecule has 1 spiro atoms. The quantitative estimate of drug-likeness (QED) is 0.622. The Morgan fingerprint density at radius 3 is 2.55 bits per heavy atom. The first kappa shape index (κ1) is 7.56. The molecule has 1 saturated carbocycles. The third kappa shape index (κ3) is 1.30. The molecule has 2 rings (SSSR count). The highest BCUT2D eigenvalue weighted by molar-refractivity contribution is 4.92. The predicted octanol–water partition coefficient (Wildman–Crippen LogP) is 1.44. The van der Waals surface area contributed by atoms with Gasteiger partial charge in [0.05, 0.1) is 11.7 Å². The minimum atomic E-state index is 0.282. The fourth-order valence-corrected chi connectivity index (χ4v) is 2.45. The fraction of sp³-hybridized carbons (Fsp3) is 1.00. The van der Waals surface area contributed by atoms with E-state index < -0.39 is 0 Å². The average molecular weight is 155 g/mol. The lowest BCUT2D eigenvalue weighted by Gasteiger charge is -2.23. The zero-order chi connectivity index (χ0) is 7.73. The summed E-state index contributed by atoms with van der Waals surface area (Å²) in [6.07, 6.45) is 8.10. The summed E-state index contributed by atoms with van der Waals surface area (Å²) in [4.78, 5) is 0. The number of hydrogen-bond donors (Lipinski definition) is 1. The second kappa shape index (κ2) is 2.76. The van der Waals surface area contributed by atoms with Gasteiger partial charge in [0.15, 0.2) is 0 Å². The number of ether oxygens (including phenoxy) is 1. The van der Waals surface area contributed by atoms with Crippen molar-refractivity contribution in [1.29, 1.82) is 0 Å². The van der Waals surface area contributed by atoms with Gasteiger partial charge >= 0.3 is 0 Å². The number of rotatable bonds is 1. The van der Waals surface area contributed by atoms with Crippen LogP contribution in [0.15, 0.2) is 0 Å². The molecule has 0 amide bonds. The molecule has 1 saturated heterocycles. The smallest absolute Gasteiger partial charge is 0.0705 e. The Morgan fingerprint density at radius 1 is 1.27 bits per heavy atom. The summed E-state index contributed by atoms with van der Waals surface area (Å²) in [5.74, 6) is 0. The van der Waals surface area contributed by atoms with Gasteiger partial charge in [-0.2, -0.15) is 0 Å². The molecule has 2 heteroatoms. The summed E-state index contributed by atoms with van der Waals surface area (Å²) in [5.41, 5.74) is 5.84. The third-order valence-electron chi connectivity index (χ3n) is 3.12. The maximum Gasteiger partial charge on any atom is 0.0705 e. The van der Waals surface area contributed by atoms with Crippen LogP contribution >= 0.6 is 0 Å². The Balaban J connectivity index is 1.96. The lowest BCUT2D eigenvalue weighted by molar-refractivity contribution is -0.0322. The van der Waals surface area contributed by atoms with Gasteiger partial charge in [0, 0.05) is 6.54 Å². The Labute approximate surface area is 68.1 Å². The minimum absolute atomic E-state index is 0.282. The lowest BCUT2D eigenvalue weighted by Crippen LogP contribution is -2.28. The van der Waals surface area contributed by atoms with E-state index in [1.165, 1.54) is 38.5 Å². The molecule has 1 aliphatic heterocycles. The van der Waals surface area contributed by atoms with E-state index in [1.807, 2.05) is 0 Å². The van der Waals surface area contributed by atoms with Crippen molar-refractivity contribution in [3.8, 4) is 0 Å². The molecule has 11 heavy (non-hydrogen) atoms. The molecule has 0 unspecified atom stereocenters. The molecule has 0 aromatic rings. The molecule has 0 aromatic heterocycles. The van der Waals surface area contributed by atoms with E-state index in [1.54, 1.807) is 0 Å². The monoisotopic (exact) mass is 155 g/mol. The molecule has 1 aliphatic carbocycles. The average Bonchev–Trinajstić information content (AvgIpc) is 2.62. The van der Waals surface area contributed by atoms with E-state index in [4.69, 9.17) is 10.5 Å². The van der Waals surface area contributed by atoms with E-state index in [9.17, 15) is 0 Å². The van der Waals surface area contributed by atoms with Crippen LogP contribution in [0.5, 0.6) is 0 Å². The highest BCUT2D eigenvalue weighted by atomic mass is 16.5. The van der Waals surface area contributed by atoms with Crippen LogP contribution in [0.25, 0.3) is 0 Å². The first-order valence-electron chi connectivity index (χ1n) is 4.73. The van der Waals surface area contributed by atoms with Crippen molar-refractivity contribution in [1.82, 2.24) is 0 Å². The summed E-state index contributed by atoms with van der Waals surface area (Å²) >= 11 is 0. The van der Waals surface area contributed by atoms with E-state index in [-0.39, 0.29) is 5.60 Å². The highest BCUT2D eigenvalue weighted by Gasteiger charge is 2.41. The van der Waals surface area contributed by atoms with Crippen LogP contribution in [0, 0.1) is 0 Å². The summed E-state index contributed by atoms with van der Waals surface area (Å²) in [5, 5.41) is 0. The maximum absolute atomic E-state index is 5.93. The number of hydrogen-bond acceptors (Lipinski definition) is 2. The minimum Gasteiger partial charge on any atom is -0.370 e. The van der Waals surface area contributed by atoms with Gasteiger partial charge in [-0.3, -0.25) is 0 Å².